The molecule has 0 saturated heterocycles. The molecule has 0 amide bonds. The molecule has 1 saturated carbocycles. The van der Waals surface area contributed by atoms with Gasteiger partial charge in [0.05, 0.1) is 9.40 Å². The Labute approximate surface area is 121 Å². The first-order valence-electron chi connectivity index (χ1n) is 6.21. The number of pyridine rings is 1. The zero-order valence-corrected chi connectivity index (χ0v) is 13.1. The van der Waals surface area contributed by atoms with Crippen molar-refractivity contribution in [3.05, 3.63) is 26.9 Å². The molecule has 1 heterocycles. The highest BCUT2D eigenvalue weighted by Crippen LogP contribution is 2.68. The molecule has 5 nitrogen and oxygen atoms in total. The maximum Gasteiger partial charge on any atom is 0.288 e. The number of aromatic nitrogens is 1. The van der Waals surface area contributed by atoms with Gasteiger partial charge in [-0.1, -0.05) is 27.7 Å². The van der Waals surface area contributed by atoms with Crippen LogP contribution in [0.1, 0.15) is 27.7 Å². The van der Waals surface area contributed by atoms with E-state index in [0.717, 1.165) is 6.54 Å². The zero-order valence-electron chi connectivity index (χ0n) is 11.5. The SMILES string of the molecule is CC1(C)C(CNc2ncc([N+](=O)[O-])cc2Br)C1(C)C. The van der Waals surface area contributed by atoms with E-state index < -0.39 is 4.92 Å². The number of halogens is 1. The zero-order chi connectivity index (χ0) is 14.4. The van der Waals surface area contributed by atoms with E-state index in [4.69, 9.17) is 0 Å². The maximum absolute atomic E-state index is 10.6. The van der Waals surface area contributed by atoms with Gasteiger partial charge in [-0.15, -0.1) is 0 Å². The summed E-state index contributed by atoms with van der Waals surface area (Å²) in [4.78, 5) is 14.3. The predicted octanol–water partition coefficient (Wildman–Crippen LogP) is 3.85. The molecule has 19 heavy (non-hydrogen) atoms. The van der Waals surface area contributed by atoms with E-state index in [1.54, 1.807) is 0 Å². The molecule has 0 spiro atoms. The average molecular weight is 328 g/mol. The lowest BCUT2D eigenvalue weighted by atomic mass is 10.0. The number of nitrogens with one attached hydrogen (secondary N) is 1. The maximum atomic E-state index is 10.6. The Morgan fingerprint density at radius 3 is 2.42 bits per heavy atom. The molecule has 1 aliphatic rings. The Morgan fingerprint density at radius 1 is 1.42 bits per heavy atom. The van der Waals surface area contributed by atoms with Crippen LogP contribution >= 0.6 is 15.9 Å². The number of hydrogen-bond donors (Lipinski definition) is 1. The monoisotopic (exact) mass is 327 g/mol. The Kier molecular flexibility index (Phi) is 3.33. The van der Waals surface area contributed by atoms with E-state index in [-0.39, 0.29) is 5.69 Å². The molecule has 1 aromatic rings. The number of anilines is 1. The molecule has 0 atom stereocenters. The Morgan fingerprint density at radius 2 is 2.00 bits per heavy atom. The Hall–Kier alpha value is -1.17. The lowest BCUT2D eigenvalue weighted by Gasteiger charge is -2.08. The minimum absolute atomic E-state index is 0.00972. The second-order valence-electron chi connectivity index (χ2n) is 6.16. The van der Waals surface area contributed by atoms with Gasteiger partial charge in [0.15, 0.2) is 0 Å². The summed E-state index contributed by atoms with van der Waals surface area (Å²) in [6, 6.07) is 1.47. The van der Waals surface area contributed by atoms with Crippen molar-refractivity contribution in [2.24, 2.45) is 16.7 Å². The van der Waals surface area contributed by atoms with Gasteiger partial charge in [0, 0.05) is 12.6 Å². The molecule has 0 bridgehead atoms. The van der Waals surface area contributed by atoms with Crippen LogP contribution in [0.5, 0.6) is 0 Å². The molecule has 1 aromatic heterocycles. The quantitative estimate of drug-likeness (QED) is 0.673. The molecule has 104 valence electrons. The van der Waals surface area contributed by atoms with Crippen LogP contribution in [0.15, 0.2) is 16.7 Å². The van der Waals surface area contributed by atoms with Crippen LogP contribution in [0, 0.1) is 26.9 Å². The van der Waals surface area contributed by atoms with Crippen molar-refractivity contribution in [2.75, 3.05) is 11.9 Å². The average Bonchev–Trinajstić information content (AvgIpc) is 2.68. The van der Waals surface area contributed by atoms with E-state index in [9.17, 15) is 10.1 Å². The number of hydrogen-bond acceptors (Lipinski definition) is 4. The third-order valence-corrected chi connectivity index (χ3v) is 5.44. The summed E-state index contributed by atoms with van der Waals surface area (Å²) in [5.41, 5.74) is 0.616. The molecule has 0 aliphatic heterocycles. The van der Waals surface area contributed by atoms with Gasteiger partial charge in [0.25, 0.3) is 5.69 Å². The third kappa shape index (κ3) is 2.33. The Balaban J connectivity index is 2.04. The summed E-state index contributed by atoms with van der Waals surface area (Å²) in [6.45, 7) is 9.87. The second-order valence-corrected chi connectivity index (χ2v) is 7.01. The molecule has 1 fully saturated rings. The highest BCUT2D eigenvalue weighted by molar-refractivity contribution is 9.10. The lowest BCUT2D eigenvalue weighted by molar-refractivity contribution is -0.385. The molecule has 1 aliphatic carbocycles. The van der Waals surface area contributed by atoms with Crippen molar-refractivity contribution in [3.8, 4) is 0 Å². The summed E-state index contributed by atoms with van der Waals surface area (Å²) in [5, 5.41) is 13.9. The van der Waals surface area contributed by atoms with E-state index in [2.05, 4.69) is 53.9 Å². The number of nitro groups is 1. The van der Waals surface area contributed by atoms with Gasteiger partial charge < -0.3 is 5.32 Å². The van der Waals surface area contributed by atoms with Crippen LogP contribution in [0.4, 0.5) is 11.5 Å². The highest BCUT2D eigenvalue weighted by atomic mass is 79.9. The van der Waals surface area contributed by atoms with Gasteiger partial charge in [-0.05, 0) is 32.7 Å². The van der Waals surface area contributed by atoms with Gasteiger partial charge >= 0.3 is 0 Å². The van der Waals surface area contributed by atoms with Gasteiger partial charge in [-0.2, -0.15) is 0 Å². The van der Waals surface area contributed by atoms with Gasteiger partial charge in [-0.3, -0.25) is 10.1 Å². The van der Waals surface area contributed by atoms with Crippen molar-refractivity contribution in [1.82, 2.24) is 4.98 Å². The summed E-state index contributed by atoms with van der Waals surface area (Å²) in [7, 11) is 0. The summed E-state index contributed by atoms with van der Waals surface area (Å²) in [6.07, 6.45) is 1.27. The Bertz CT molecular complexity index is 515. The first-order valence-corrected chi connectivity index (χ1v) is 7.01. The molecule has 6 heteroatoms. The van der Waals surface area contributed by atoms with E-state index in [1.807, 2.05) is 0 Å². The molecule has 2 rings (SSSR count). The fourth-order valence-corrected chi connectivity index (χ4v) is 3.18. The molecule has 0 unspecified atom stereocenters. The predicted molar refractivity (Wildman–Crippen MR) is 78.1 cm³/mol. The highest BCUT2D eigenvalue weighted by Gasteiger charge is 2.64. The number of rotatable bonds is 4. The van der Waals surface area contributed by atoms with Crippen molar-refractivity contribution in [2.45, 2.75) is 27.7 Å². The topological polar surface area (TPSA) is 68.1 Å². The fraction of sp³-hybridized carbons (Fsp3) is 0.615. The number of nitrogens with zero attached hydrogens (tertiary/aromatic N) is 2. The third-order valence-electron chi connectivity index (χ3n) is 4.83. The van der Waals surface area contributed by atoms with Crippen LogP contribution in [0.3, 0.4) is 0 Å². The molecule has 0 aromatic carbocycles. The fourth-order valence-electron chi connectivity index (χ4n) is 2.70. The van der Waals surface area contributed by atoms with Gasteiger partial charge in [0.2, 0.25) is 0 Å². The van der Waals surface area contributed by atoms with Crippen molar-refractivity contribution < 1.29 is 4.92 Å². The first-order chi connectivity index (χ1) is 8.68. The molecule has 0 radical (unpaired) electrons. The van der Waals surface area contributed by atoms with E-state index >= 15 is 0 Å². The van der Waals surface area contributed by atoms with Gasteiger partial charge in [-0.25, -0.2) is 4.98 Å². The van der Waals surface area contributed by atoms with Crippen LogP contribution in [-0.2, 0) is 0 Å². The molecule has 1 N–H and O–H groups in total. The smallest absolute Gasteiger partial charge is 0.288 e. The van der Waals surface area contributed by atoms with Crippen molar-refractivity contribution >= 4 is 27.4 Å². The van der Waals surface area contributed by atoms with Crippen LogP contribution < -0.4 is 5.32 Å². The summed E-state index contributed by atoms with van der Waals surface area (Å²) in [5.74, 6) is 1.23. The van der Waals surface area contributed by atoms with E-state index in [1.165, 1.54) is 12.3 Å². The van der Waals surface area contributed by atoms with Crippen LogP contribution in [0.2, 0.25) is 0 Å². The van der Waals surface area contributed by atoms with Crippen molar-refractivity contribution in [3.63, 3.8) is 0 Å². The summed E-state index contributed by atoms with van der Waals surface area (Å²) < 4.78 is 0.623. The standard InChI is InChI=1S/C13H18BrN3O2/c1-12(2)10(13(12,3)4)7-16-11-9(14)5-8(6-15-11)17(18)19/h5-6,10H,7H2,1-4H3,(H,15,16). The largest absolute Gasteiger partial charge is 0.369 e. The van der Waals surface area contributed by atoms with Crippen molar-refractivity contribution in [1.29, 1.82) is 0 Å². The van der Waals surface area contributed by atoms with Crippen LogP contribution in [-0.4, -0.2) is 16.5 Å². The molecular weight excluding hydrogens is 310 g/mol. The van der Waals surface area contributed by atoms with E-state index in [0.29, 0.717) is 27.0 Å². The second kappa shape index (κ2) is 4.44. The summed E-state index contributed by atoms with van der Waals surface area (Å²) >= 11 is 3.31. The van der Waals surface area contributed by atoms with Gasteiger partial charge in [0.1, 0.15) is 12.0 Å². The normalized spacial score (nSPS) is 20.1. The lowest BCUT2D eigenvalue weighted by Crippen LogP contribution is -2.09. The van der Waals surface area contributed by atoms with Crippen LogP contribution in [0.25, 0.3) is 0 Å². The minimum atomic E-state index is -0.450. The minimum Gasteiger partial charge on any atom is -0.369 e. The first kappa shape index (κ1) is 14.2. The molecular formula is C13H18BrN3O2.